The van der Waals surface area contributed by atoms with Gasteiger partial charge in [0.1, 0.15) is 5.76 Å². The molecule has 0 atom stereocenters. The van der Waals surface area contributed by atoms with Gasteiger partial charge in [-0.2, -0.15) is 0 Å². The van der Waals surface area contributed by atoms with Crippen LogP contribution in [-0.4, -0.2) is 18.0 Å². The van der Waals surface area contributed by atoms with E-state index >= 15 is 0 Å². The van der Waals surface area contributed by atoms with Gasteiger partial charge in [0.05, 0.1) is 0 Å². The number of nitrogens with two attached hydrogens (primary N) is 1. The van der Waals surface area contributed by atoms with E-state index in [1.54, 1.807) is 0 Å². The number of carbonyl (C=O) groups excluding carboxylic acids is 1. The molecule has 0 aromatic carbocycles. The van der Waals surface area contributed by atoms with Crippen molar-refractivity contribution < 1.29 is 9.21 Å². The number of hydrogen-bond acceptors (Lipinski definition) is 3. The molecule has 4 nitrogen and oxygen atoms in total. The lowest BCUT2D eigenvalue weighted by Crippen LogP contribution is -2.49. The number of furan rings is 1. The van der Waals surface area contributed by atoms with Crippen molar-refractivity contribution in [1.29, 1.82) is 0 Å². The summed E-state index contributed by atoms with van der Waals surface area (Å²) < 4.78 is 5.36. The molecular formula is C13H23ClN2O2. The standard InChI is InChI=1S/C13H22N2O2.ClH/c1-5-13(14,6-2)8-15-12(16)11-9(3)7-10(4)17-11;/h7H,5-6,8,14H2,1-4H3,(H,15,16);1H. The molecule has 0 aliphatic carbocycles. The van der Waals surface area contributed by atoms with Crippen molar-refractivity contribution >= 4 is 18.3 Å². The first-order valence-corrected chi connectivity index (χ1v) is 6.06. The first-order valence-electron chi connectivity index (χ1n) is 6.06. The molecule has 0 radical (unpaired) electrons. The second kappa shape index (κ2) is 6.81. The van der Waals surface area contributed by atoms with Crippen LogP contribution in [0.3, 0.4) is 0 Å². The van der Waals surface area contributed by atoms with Crippen molar-refractivity contribution in [3.63, 3.8) is 0 Å². The van der Waals surface area contributed by atoms with Crippen molar-refractivity contribution in [3.8, 4) is 0 Å². The SMILES string of the molecule is CCC(N)(CC)CNC(=O)c1oc(C)cc1C.Cl. The van der Waals surface area contributed by atoms with Gasteiger partial charge in [0.15, 0.2) is 5.76 Å². The van der Waals surface area contributed by atoms with Gasteiger partial charge in [-0.15, -0.1) is 12.4 Å². The van der Waals surface area contributed by atoms with Crippen LogP contribution in [0.4, 0.5) is 0 Å². The average Bonchev–Trinajstić information content (AvgIpc) is 2.65. The zero-order valence-corrected chi connectivity index (χ0v) is 12.3. The van der Waals surface area contributed by atoms with E-state index in [1.807, 2.05) is 33.8 Å². The average molecular weight is 275 g/mol. The first-order chi connectivity index (χ1) is 7.91. The van der Waals surface area contributed by atoms with Crippen LogP contribution >= 0.6 is 12.4 Å². The highest BCUT2D eigenvalue weighted by atomic mass is 35.5. The molecule has 1 rings (SSSR count). The summed E-state index contributed by atoms with van der Waals surface area (Å²) in [5.41, 5.74) is 6.65. The summed E-state index contributed by atoms with van der Waals surface area (Å²) in [7, 11) is 0. The summed E-state index contributed by atoms with van der Waals surface area (Å²) in [5, 5.41) is 2.84. The van der Waals surface area contributed by atoms with Gasteiger partial charge in [-0.3, -0.25) is 4.79 Å². The van der Waals surface area contributed by atoms with E-state index in [4.69, 9.17) is 10.2 Å². The van der Waals surface area contributed by atoms with Crippen LogP contribution in [0.25, 0.3) is 0 Å². The normalized spacial score (nSPS) is 10.9. The Morgan fingerprint density at radius 1 is 1.39 bits per heavy atom. The van der Waals surface area contributed by atoms with E-state index in [2.05, 4.69) is 5.32 Å². The van der Waals surface area contributed by atoms with E-state index in [9.17, 15) is 4.79 Å². The van der Waals surface area contributed by atoms with Crippen LogP contribution in [-0.2, 0) is 0 Å². The lowest BCUT2D eigenvalue weighted by Gasteiger charge is -2.26. The molecule has 0 unspecified atom stereocenters. The van der Waals surface area contributed by atoms with Gasteiger partial charge in [-0.1, -0.05) is 13.8 Å². The van der Waals surface area contributed by atoms with Crippen LogP contribution in [0.1, 0.15) is 48.6 Å². The predicted molar refractivity (Wildman–Crippen MR) is 75.3 cm³/mol. The molecule has 5 heteroatoms. The topological polar surface area (TPSA) is 68.3 Å². The van der Waals surface area contributed by atoms with Crippen molar-refractivity contribution in [1.82, 2.24) is 5.32 Å². The van der Waals surface area contributed by atoms with E-state index in [0.29, 0.717) is 12.3 Å². The summed E-state index contributed by atoms with van der Waals surface area (Å²) >= 11 is 0. The summed E-state index contributed by atoms with van der Waals surface area (Å²) in [6.07, 6.45) is 1.67. The summed E-state index contributed by atoms with van der Waals surface area (Å²) in [5.74, 6) is 0.946. The number of halogens is 1. The van der Waals surface area contributed by atoms with Crippen molar-refractivity contribution in [2.45, 2.75) is 46.1 Å². The molecule has 0 aliphatic heterocycles. The minimum atomic E-state index is -0.328. The van der Waals surface area contributed by atoms with Gasteiger partial charge in [0, 0.05) is 17.6 Å². The van der Waals surface area contributed by atoms with Crippen LogP contribution in [0.2, 0.25) is 0 Å². The molecule has 0 aliphatic rings. The summed E-state index contributed by atoms with van der Waals surface area (Å²) in [6.45, 7) is 8.21. The minimum absolute atomic E-state index is 0. The molecule has 0 fully saturated rings. The van der Waals surface area contributed by atoms with Crippen LogP contribution in [0.15, 0.2) is 10.5 Å². The van der Waals surface area contributed by atoms with E-state index < -0.39 is 0 Å². The monoisotopic (exact) mass is 274 g/mol. The third-order valence-corrected chi connectivity index (χ3v) is 3.26. The van der Waals surface area contributed by atoms with Gasteiger partial charge >= 0.3 is 0 Å². The molecule has 0 bridgehead atoms. The van der Waals surface area contributed by atoms with Crippen molar-refractivity contribution in [3.05, 3.63) is 23.2 Å². The molecule has 18 heavy (non-hydrogen) atoms. The molecule has 0 spiro atoms. The Bertz CT molecular complexity index is 398. The highest BCUT2D eigenvalue weighted by Gasteiger charge is 2.22. The lowest BCUT2D eigenvalue weighted by atomic mass is 9.94. The quantitative estimate of drug-likeness (QED) is 0.867. The molecule has 0 saturated carbocycles. The third-order valence-electron chi connectivity index (χ3n) is 3.26. The van der Waals surface area contributed by atoms with Crippen molar-refractivity contribution in [2.24, 2.45) is 5.73 Å². The van der Waals surface area contributed by atoms with Gasteiger partial charge in [0.2, 0.25) is 0 Å². The lowest BCUT2D eigenvalue weighted by molar-refractivity contribution is 0.0912. The Morgan fingerprint density at radius 3 is 2.33 bits per heavy atom. The predicted octanol–water partition coefficient (Wildman–Crippen LogP) is 2.57. The first kappa shape index (κ1) is 17.0. The van der Waals surface area contributed by atoms with E-state index in [1.165, 1.54) is 0 Å². The Morgan fingerprint density at radius 2 is 1.94 bits per heavy atom. The molecule has 1 heterocycles. The fraction of sp³-hybridized carbons (Fsp3) is 0.615. The third kappa shape index (κ3) is 4.03. The molecule has 3 N–H and O–H groups in total. The van der Waals surface area contributed by atoms with E-state index in [0.717, 1.165) is 24.2 Å². The van der Waals surface area contributed by atoms with Gasteiger partial charge in [-0.25, -0.2) is 0 Å². The maximum absolute atomic E-state index is 11.9. The molecule has 1 aromatic rings. The maximum atomic E-state index is 11.9. The zero-order valence-electron chi connectivity index (χ0n) is 11.5. The second-order valence-corrected chi connectivity index (χ2v) is 4.62. The number of aryl methyl sites for hydroxylation is 2. The number of hydrogen-bond donors (Lipinski definition) is 2. The maximum Gasteiger partial charge on any atom is 0.287 e. The minimum Gasteiger partial charge on any atom is -0.456 e. The fourth-order valence-electron chi connectivity index (χ4n) is 1.70. The number of nitrogens with one attached hydrogen (secondary N) is 1. The highest BCUT2D eigenvalue weighted by molar-refractivity contribution is 5.92. The largest absolute Gasteiger partial charge is 0.456 e. The van der Waals surface area contributed by atoms with Crippen molar-refractivity contribution in [2.75, 3.05) is 6.54 Å². The molecule has 1 amide bonds. The second-order valence-electron chi connectivity index (χ2n) is 4.62. The van der Waals surface area contributed by atoms with E-state index in [-0.39, 0.29) is 23.9 Å². The Hall–Kier alpha value is -1.00. The molecular weight excluding hydrogens is 252 g/mol. The number of rotatable bonds is 5. The molecule has 104 valence electrons. The van der Waals surface area contributed by atoms with Gasteiger partial charge < -0.3 is 15.5 Å². The smallest absolute Gasteiger partial charge is 0.287 e. The highest BCUT2D eigenvalue weighted by Crippen LogP contribution is 2.14. The zero-order chi connectivity index (χ0) is 13.1. The van der Waals surface area contributed by atoms with Crippen LogP contribution in [0, 0.1) is 13.8 Å². The Balaban J connectivity index is 0.00000289. The number of carbonyl (C=O) groups is 1. The molecule has 0 saturated heterocycles. The fourth-order valence-corrected chi connectivity index (χ4v) is 1.70. The van der Waals surface area contributed by atoms with Gasteiger partial charge in [-0.05, 0) is 32.8 Å². The van der Waals surface area contributed by atoms with Gasteiger partial charge in [0.25, 0.3) is 5.91 Å². The summed E-state index contributed by atoms with van der Waals surface area (Å²) in [6, 6.07) is 1.85. The van der Waals surface area contributed by atoms with Crippen LogP contribution in [0.5, 0.6) is 0 Å². The molecule has 1 aromatic heterocycles. The van der Waals surface area contributed by atoms with Crippen LogP contribution < -0.4 is 11.1 Å². The Labute approximate surface area is 115 Å². The Kier molecular flexibility index (Phi) is 6.43. The number of amides is 1. The summed E-state index contributed by atoms with van der Waals surface area (Å²) in [4.78, 5) is 11.9.